The van der Waals surface area contributed by atoms with Gasteiger partial charge in [0.15, 0.2) is 0 Å². The Kier molecular flexibility index (Phi) is 7.36. The Hall–Kier alpha value is -2.50. The Bertz CT molecular complexity index is 990. The number of allylic oxidation sites excluding steroid dienone is 3. The Balaban J connectivity index is 1.99. The second-order valence-corrected chi connectivity index (χ2v) is 8.92. The van der Waals surface area contributed by atoms with Crippen LogP contribution in [-0.2, 0) is 11.0 Å². The minimum atomic E-state index is -4.92. The molecular weight excluding hydrogens is 493 g/mol. The number of carboxylic acid groups (broad SMARTS) is 1. The Labute approximate surface area is 194 Å². The Morgan fingerprint density at radius 3 is 2.09 bits per heavy atom. The van der Waals surface area contributed by atoms with Crippen LogP contribution in [0.25, 0.3) is 0 Å². The SMILES string of the molecule is CC1C(CN2C[C@H](CC(=O)O)C[C@@H]2c2ccc(C(F)(F)F)cc2)=C(C(F)(F)F)C=CC1C(F)(F)F. The fraction of sp³-hybridized carbons (Fsp3) is 0.522. The first-order valence-corrected chi connectivity index (χ1v) is 10.7. The van der Waals surface area contributed by atoms with Crippen LogP contribution in [0.3, 0.4) is 0 Å². The van der Waals surface area contributed by atoms with E-state index in [4.69, 9.17) is 5.11 Å². The van der Waals surface area contributed by atoms with Crippen molar-refractivity contribution in [3.8, 4) is 0 Å². The molecule has 4 atom stereocenters. The predicted octanol–water partition coefficient (Wildman–Crippen LogP) is 6.79. The minimum Gasteiger partial charge on any atom is -0.481 e. The van der Waals surface area contributed by atoms with E-state index in [1.807, 2.05) is 0 Å². The summed E-state index contributed by atoms with van der Waals surface area (Å²) in [5.41, 5.74) is -2.31. The van der Waals surface area contributed by atoms with Gasteiger partial charge in [0, 0.05) is 25.6 Å². The highest BCUT2D eigenvalue weighted by atomic mass is 19.4. The van der Waals surface area contributed by atoms with Gasteiger partial charge in [0.05, 0.1) is 17.1 Å². The number of aliphatic carboxylic acids is 1. The lowest BCUT2D eigenvalue weighted by atomic mass is 9.79. The van der Waals surface area contributed by atoms with E-state index in [0.29, 0.717) is 17.7 Å². The van der Waals surface area contributed by atoms with Crippen LogP contribution in [-0.4, -0.2) is 41.4 Å². The van der Waals surface area contributed by atoms with Gasteiger partial charge < -0.3 is 5.11 Å². The molecule has 1 aliphatic heterocycles. The zero-order chi connectivity index (χ0) is 26.3. The highest BCUT2D eigenvalue weighted by Crippen LogP contribution is 2.46. The summed E-state index contributed by atoms with van der Waals surface area (Å²) in [6.07, 6.45) is -13.6. The molecule has 1 heterocycles. The van der Waals surface area contributed by atoms with Crippen LogP contribution < -0.4 is 0 Å². The number of hydrogen-bond donors (Lipinski definition) is 1. The summed E-state index contributed by atoms with van der Waals surface area (Å²) < 4.78 is 120. The summed E-state index contributed by atoms with van der Waals surface area (Å²) in [7, 11) is 0. The number of rotatable bonds is 5. The highest BCUT2D eigenvalue weighted by Gasteiger charge is 2.48. The van der Waals surface area contributed by atoms with Gasteiger partial charge in [-0.05, 0) is 41.5 Å². The molecule has 1 aliphatic carbocycles. The molecule has 3 rings (SSSR count). The van der Waals surface area contributed by atoms with Gasteiger partial charge in [0.2, 0.25) is 0 Å². The average Bonchev–Trinajstić information content (AvgIpc) is 3.08. The summed E-state index contributed by atoms with van der Waals surface area (Å²) >= 11 is 0. The fourth-order valence-corrected chi connectivity index (χ4v) is 4.86. The maximum Gasteiger partial charge on any atom is 0.416 e. The van der Waals surface area contributed by atoms with E-state index >= 15 is 0 Å². The zero-order valence-corrected chi connectivity index (χ0v) is 18.3. The number of alkyl halides is 9. The first kappa shape index (κ1) is 27.1. The molecule has 0 spiro atoms. The third-order valence-electron chi connectivity index (χ3n) is 6.54. The third-order valence-corrected chi connectivity index (χ3v) is 6.54. The minimum absolute atomic E-state index is 0.0280. The second kappa shape index (κ2) is 9.51. The maximum absolute atomic E-state index is 13.7. The van der Waals surface area contributed by atoms with Gasteiger partial charge in [0.25, 0.3) is 0 Å². The van der Waals surface area contributed by atoms with Crippen molar-refractivity contribution in [1.82, 2.24) is 4.90 Å². The number of halogens is 9. The summed E-state index contributed by atoms with van der Waals surface area (Å²) in [6.45, 7) is 0.495. The monoisotopic (exact) mass is 515 g/mol. The van der Waals surface area contributed by atoms with E-state index in [-0.39, 0.29) is 19.4 Å². The molecule has 3 nitrogen and oxygen atoms in total. The number of carbonyl (C=O) groups is 1. The van der Waals surface area contributed by atoms with Gasteiger partial charge in [-0.3, -0.25) is 9.69 Å². The van der Waals surface area contributed by atoms with E-state index in [0.717, 1.165) is 31.2 Å². The summed E-state index contributed by atoms with van der Waals surface area (Å²) in [5.74, 6) is -5.37. The van der Waals surface area contributed by atoms with Crippen LogP contribution in [0.4, 0.5) is 39.5 Å². The summed E-state index contributed by atoms with van der Waals surface area (Å²) in [6, 6.07) is 3.18. The third kappa shape index (κ3) is 6.20. The van der Waals surface area contributed by atoms with Crippen LogP contribution >= 0.6 is 0 Å². The molecule has 1 saturated heterocycles. The molecular formula is C23H22F9NO2. The van der Waals surface area contributed by atoms with E-state index in [2.05, 4.69) is 0 Å². The molecule has 0 radical (unpaired) electrons. The maximum atomic E-state index is 13.7. The first-order chi connectivity index (χ1) is 16.0. The first-order valence-electron chi connectivity index (χ1n) is 10.7. The number of carboxylic acids is 1. The van der Waals surface area contributed by atoms with Crippen LogP contribution in [0, 0.1) is 17.8 Å². The predicted molar refractivity (Wildman–Crippen MR) is 107 cm³/mol. The van der Waals surface area contributed by atoms with E-state index in [1.54, 1.807) is 0 Å². The number of likely N-dealkylation sites (tertiary alicyclic amines) is 1. The van der Waals surface area contributed by atoms with Crippen molar-refractivity contribution in [2.45, 2.75) is 44.3 Å². The summed E-state index contributed by atoms with van der Waals surface area (Å²) in [5, 5.41) is 9.14. The second-order valence-electron chi connectivity index (χ2n) is 8.92. The molecule has 1 aromatic carbocycles. The van der Waals surface area contributed by atoms with E-state index in [1.165, 1.54) is 4.90 Å². The number of hydrogen-bond acceptors (Lipinski definition) is 2. The molecule has 0 amide bonds. The van der Waals surface area contributed by atoms with Crippen LogP contribution in [0.5, 0.6) is 0 Å². The molecule has 194 valence electrons. The van der Waals surface area contributed by atoms with E-state index in [9.17, 15) is 44.3 Å². The molecule has 0 bridgehead atoms. The quantitative estimate of drug-likeness (QED) is 0.440. The lowest BCUT2D eigenvalue weighted by Gasteiger charge is -2.35. The van der Waals surface area contributed by atoms with Gasteiger partial charge in [-0.25, -0.2) is 0 Å². The lowest BCUT2D eigenvalue weighted by Crippen LogP contribution is -2.37. The van der Waals surface area contributed by atoms with Crippen LogP contribution in [0.1, 0.15) is 36.9 Å². The smallest absolute Gasteiger partial charge is 0.416 e. The molecule has 1 N–H and O–H groups in total. The Morgan fingerprint density at radius 1 is 1.00 bits per heavy atom. The van der Waals surface area contributed by atoms with Crippen LogP contribution in [0.2, 0.25) is 0 Å². The van der Waals surface area contributed by atoms with Crippen molar-refractivity contribution in [2.75, 3.05) is 13.1 Å². The van der Waals surface area contributed by atoms with Crippen molar-refractivity contribution in [3.63, 3.8) is 0 Å². The van der Waals surface area contributed by atoms with Crippen molar-refractivity contribution in [2.24, 2.45) is 17.8 Å². The van der Waals surface area contributed by atoms with Gasteiger partial charge in [-0.2, -0.15) is 39.5 Å². The summed E-state index contributed by atoms with van der Waals surface area (Å²) in [4.78, 5) is 12.6. The Morgan fingerprint density at radius 2 is 1.60 bits per heavy atom. The molecule has 1 fully saturated rings. The standard InChI is InChI=1S/C23H22F9NO2/c1-12-16(18(23(30,31)32)7-6-17(12)22(27,28)29)11-33-10-13(9-20(34)35)8-19(33)14-2-4-15(5-3-14)21(24,25)26/h2-7,12-13,17,19H,8-11H2,1H3,(H,34,35)/t12?,13-,17?,19+/m0/s1. The molecule has 12 heteroatoms. The molecule has 2 unspecified atom stereocenters. The van der Waals surface area contributed by atoms with Crippen molar-refractivity contribution < 1.29 is 49.4 Å². The zero-order valence-electron chi connectivity index (χ0n) is 18.3. The van der Waals surface area contributed by atoms with Gasteiger partial charge in [-0.15, -0.1) is 0 Å². The van der Waals surface area contributed by atoms with Crippen LogP contribution in [0.15, 0.2) is 47.6 Å². The van der Waals surface area contributed by atoms with Crippen molar-refractivity contribution in [1.29, 1.82) is 0 Å². The molecule has 0 aromatic heterocycles. The largest absolute Gasteiger partial charge is 0.481 e. The van der Waals surface area contributed by atoms with Crippen molar-refractivity contribution in [3.05, 3.63) is 58.7 Å². The number of nitrogens with zero attached hydrogens (tertiary/aromatic N) is 1. The van der Waals surface area contributed by atoms with Crippen molar-refractivity contribution >= 4 is 5.97 Å². The van der Waals surface area contributed by atoms with Gasteiger partial charge >= 0.3 is 24.5 Å². The normalized spacial score (nSPS) is 26.5. The molecule has 35 heavy (non-hydrogen) atoms. The van der Waals surface area contributed by atoms with Gasteiger partial charge in [-0.1, -0.05) is 31.2 Å². The average molecular weight is 515 g/mol. The van der Waals surface area contributed by atoms with Gasteiger partial charge in [0.1, 0.15) is 0 Å². The highest BCUT2D eigenvalue weighted by molar-refractivity contribution is 5.67. The molecule has 2 aliphatic rings. The lowest BCUT2D eigenvalue weighted by molar-refractivity contribution is -0.171. The topological polar surface area (TPSA) is 40.5 Å². The van der Waals surface area contributed by atoms with E-state index < -0.39 is 71.5 Å². The molecule has 0 saturated carbocycles. The number of benzene rings is 1. The molecule has 1 aromatic rings. The fourth-order valence-electron chi connectivity index (χ4n) is 4.86.